The number of rotatable bonds is 6. The topological polar surface area (TPSA) is 30.3 Å². The lowest BCUT2D eigenvalue weighted by Crippen LogP contribution is -2.57. The Kier molecular flexibility index (Phi) is 6.10. The van der Waals surface area contributed by atoms with E-state index in [1.54, 1.807) is 6.20 Å². The van der Waals surface area contributed by atoms with E-state index in [2.05, 4.69) is 57.1 Å². The minimum absolute atomic E-state index is 0.354. The van der Waals surface area contributed by atoms with Crippen molar-refractivity contribution in [1.82, 2.24) is 19.4 Å². The number of nitrogens with zero attached hydrogens (tertiary/aromatic N) is 6. The molecular weight excluding hydrogens is 446 g/mol. The number of likely N-dealkylation sites (N-methyl/N-ethyl adjacent to an activating group) is 1. The van der Waals surface area contributed by atoms with Crippen LogP contribution in [0.4, 0.5) is 20.2 Å². The second kappa shape index (κ2) is 9.39. The van der Waals surface area contributed by atoms with Gasteiger partial charge in [-0.3, -0.25) is 4.90 Å². The summed E-state index contributed by atoms with van der Waals surface area (Å²) in [7, 11) is 0. The molecule has 4 heterocycles. The molecule has 2 aliphatic heterocycles. The SMILES string of the molecule is CCN1CCN(c2ccc(-c3cc4c(N5CCN(C6CC6)C(C(F)F)C5)ccnn4c3)cc2)CC1. The lowest BCUT2D eigenvalue weighted by Gasteiger charge is -2.42. The summed E-state index contributed by atoms with van der Waals surface area (Å²) in [5.41, 5.74) is 5.45. The van der Waals surface area contributed by atoms with Crippen LogP contribution in [-0.2, 0) is 0 Å². The predicted octanol–water partition coefficient (Wildman–Crippen LogP) is 4.06. The quantitative estimate of drug-likeness (QED) is 0.531. The second-order valence-corrected chi connectivity index (χ2v) is 10.1. The van der Waals surface area contributed by atoms with Gasteiger partial charge in [0.1, 0.15) is 0 Å². The van der Waals surface area contributed by atoms with Gasteiger partial charge in [0.15, 0.2) is 0 Å². The van der Waals surface area contributed by atoms with Crippen LogP contribution in [0.25, 0.3) is 16.6 Å². The summed E-state index contributed by atoms with van der Waals surface area (Å²) in [6, 6.07) is 12.5. The molecule has 8 heteroatoms. The molecule has 186 valence electrons. The number of piperazine rings is 2. The standard InChI is InChI=1S/C27H34F2N6/c1-2-31-11-13-32(14-12-31)22-5-3-20(4-6-22)21-17-25-24(9-10-30-35(25)18-21)33-15-16-34(23-7-8-23)26(19-33)27(28)29/h3-6,9-10,17-18,23,26-27H,2,7-8,11-16,19H2,1H3. The zero-order valence-electron chi connectivity index (χ0n) is 20.4. The van der Waals surface area contributed by atoms with Crippen molar-refractivity contribution in [2.45, 2.75) is 38.3 Å². The van der Waals surface area contributed by atoms with Gasteiger partial charge in [-0.1, -0.05) is 19.1 Å². The summed E-state index contributed by atoms with van der Waals surface area (Å²) in [6.45, 7) is 9.48. The minimum atomic E-state index is -2.33. The van der Waals surface area contributed by atoms with E-state index >= 15 is 0 Å². The Balaban J connectivity index is 1.22. The summed E-state index contributed by atoms with van der Waals surface area (Å²) in [6.07, 6.45) is 3.59. The first-order chi connectivity index (χ1) is 17.1. The van der Waals surface area contributed by atoms with Crippen molar-refractivity contribution in [1.29, 1.82) is 0 Å². The van der Waals surface area contributed by atoms with Crippen LogP contribution in [0.2, 0.25) is 0 Å². The molecule has 2 saturated heterocycles. The van der Waals surface area contributed by atoms with Gasteiger partial charge < -0.3 is 14.7 Å². The number of hydrogen-bond donors (Lipinski definition) is 0. The first kappa shape index (κ1) is 22.7. The number of fused-ring (bicyclic) bond motifs is 1. The monoisotopic (exact) mass is 480 g/mol. The lowest BCUT2D eigenvalue weighted by molar-refractivity contribution is 0.0148. The molecule has 3 aliphatic rings. The van der Waals surface area contributed by atoms with Gasteiger partial charge in [0, 0.05) is 75.5 Å². The van der Waals surface area contributed by atoms with Crippen molar-refractivity contribution < 1.29 is 8.78 Å². The van der Waals surface area contributed by atoms with Crippen LogP contribution < -0.4 is 9.80 Å². The number of halogens is 2. The van der Waals surface area contributed by atoms with Crippen LogP contribution in [0.15, 0.2) is 48.8 Å². The molecule has 0 radical (unpaired) electrons. The maximum Gasteiger partial charge on any atom is 0.255 e. The number of anilines is 2. The van der Waals surface area contributed by atoms with Crippen molar-refractivity contribution in [3.05, 3.63) is 48.8 Å². The van der Waals surface area contributed by atoms with Gasteiger partial charge in [-0.05, 0) is 49.2 Å². The Bertz CT molecular complexity index is 1150. The van der Waals surface area contributed by atoms with Crippen molar-refractivity contribution in [2.75, 3.05) is 62.2 Å². The van der Waals surface area contributed by atoms with Crippen LogP contribution >= 0.6 is 0 Å². The maximum atomic E-state index is 13.9. The highest BCUT2D eigenvalue weighted by Crippen LogP contribution is 2.35. The summed E-state index contributed by atoms with van der Waals surface area (Å²) < 4.78 is 29.7. The van der Waals surface area contributed by atoms with Gasteiger partial charge in [0.05, 0.1) is 17.2 Å². The molecule has 3 fully saturated rings. The summed E-state index contributed by atoms with van der Waals surface area (Å²) in [5, 5.41) is 4.51. The van der Waals surface area contributed by atoms with Gasteiger partial charge in [-0.25, -0.2) is 13.3 Å². The molecule has 0 amide bonds. The summed E-state index contributed by atoms with van der Waals surface area (Å²) >= 11 is 0. The highest BCUT2D eigenvalue weighted by atomic mass is 19.3. The fourth-order valence-corrected chi connectivity index (χ4v) is 5.74. The smallest absolute Gasteiger partial charge is 0.255 e. The zero-order chi connectivity index (χ0) is 23.9. The fourth-order valence-electron chi connectivity index (χ4n) is 5.74. The molecular formula is C27H34F2N6. The van der Waals surface area contributed by atoms with E-state index in [-0.39, 0.29) is 0 Å². The Morgan fingerprint density at radius 2 is 1.66 bits per heavy atom. The van der Waals surface area contributed by atoms with Crippen LogP contribution in [0.1, 0.15) is 19.8 Å². The Morgan fingerprint density at radius 3 is 2.34 bits per heavy atom. The molecule has 35 heavy (non-hydrogen) atoms. The highest BCUT2D eigenvalue weighted by Gasteiger charge is 2.41. The molecule has 6 rings (SSSR count). The zero-order valence-corrected chi connectivity index (χ0v) is 20.4. The molecule has 1 aromatic carbocycles. The van der Waals surface area contributed by atoms with E-state index in [4.69, 9.17) is 0 Å². The fraction of sp³-hybridized carbons (Fsp3) is 0.519. The lowest BCUT2D eigenvalue weighted by atomic mass is 10.1. The average molecular weight is 481 g/mol. The number of hydrogen-bond acceptors (Lipinski definition) is 5. The van der Waals surface area contributed by atoms with Crippen LogP contribution in [0.3, 0.4) is 0 Å². The van der Waals surface area contributed by atoms with E-state index in [0.29, 0.717) is 19.1 Å². The van der Waals surface area contributed by atoms with Gasteiger partial charge >= 0.3 is 0 Å². The van der Waals surface area contributed by atoms with Gasteiger partial charge in [0.25, 0.3) is 6.43 Å². The number of alkyl halides is 2. The van der Waals surface area contributed by atoms with Crippen molar-refractivity contribution in [2.24, 2.45) is 0 Å². The molecule has 1 aliphatic carbocycles. The number of aromatic nitrogens is 2. The van der Waals surface area contributed by atoms with E-state index in [9.17, 15) is 8.78 Å². The van der Waals surface area contributed by atoms with Gasteiger partial charge in [0.2, 0.25) is 0 Å². The Labute approximate surface area is 205 Å². The third kappa shape index (κ3) is 4.49. The molecule has 0 spiro atoms. The number of benzene rings is 1. The Morgan fingerprint density at radius 1 is 0.914 bits per heavy atom. The summed E-state index contributed by atoms with van der Waals surface area (Å²) in [5.74, 6) is 0. The van der Waals surface area contributed by atoms with E-state index in [0.717, 1.165) is 74.4 Å². The molecule has 1 saturated carbocycles. The van der Waals surface area contributed by atoms with E-state index in [1.165, 1.54) is 5.69 Å². The Hall–Kier alpha value is -2.71. The first-order valence-electron chi connectivity index (χ1n) is 12.9. The minimum Gasteiger partial charge on any atom is -0.369 e. The predicted molar refractivity (Wildman–Crippen MR) is 137 cm³/mol. The third-order valence-electron chi connectivity index (χ3n) is 7.98. The normalized spacial score (nSPS) is 22.5. The van der Waals surface area contributed by atoms with Crippen molar-refractivity contribution in [3.8, 4) is 11.1 Å². The van der Waals surface area contributed by atoms with E-state index in [1.807, 2.05) is 21.7 Å². The molecule has 1 atom stereocenters. The van der Waals surface area contributed by atoms with Crippen LogP contribution in [0, 0.1) is 0 Å². The summed E-state index contributed by atoms with van der Waals surface area (Å²) in [4.78, 5) is 9.09. The van der Waals surface area contributed by atoms with Crippen LogP contribution in [0.5, 0.6) is 0 Å². The molecule has 1 unspecified atom stereocenters. The molecule has 2 aromatic heterocycles. The molecule has 0 N–H and O–H groups in total. The first-order valence-corrected chi connectivity index (χ1v) is 12.9. The highest BCUT2D eigenvalue weighted by molar-refractivity contribution is 5.80. The van der Waals surface area contributed by atoms with Gasteiger partial charge in [-0.15, -0.1) is 0 Å². The largest absolute Gasteiger partial charge is 0.369 e. The van der Waals surface area contributed by atoms with Crippen molar-refractivity contribution in [3.63, 3.8) is 0 Å². The second-order valence-electron chi connectivity index (χ2n) is 10.1. The van der Waals surface area contributed by atoms with Crippen molar-refractivity contribution >= 4 is 16.9 Å². The molecule has 0 bridgehead atoms. The van der Waals surface area contributed by atoms with Gasteiger partial charge in [-0.2, -0.15) is 5.10 Å². The molecule has 3 aromatic rings. The third-order valence-corrected chi connectivity index (χ3v) is 7.98. The maximum absolute atomic E-state index is 13.9. The average Bonchev–Trinajstić information content (AvgIpc) is 3.66. The van der Waals surface area contributed by atoms with E-state index < -0.39 is 12.5 Å². The van der Waals surface area contributed by atoms with Crippen LogP contribution in [-0.4, -0.2) is 90.3 Å². The molecule has 6 nitrogen and oxygen atoms in total.